The van der Waals surface area contributed by atoms with Crippen LogP contribution in [0.25, 0.3) is 5.82 Å². The summed E-state index contributed by atoms with van der Waals surface area (Å²) < 4.78 is 1.74. The summed E-state index contributed by atoms with van der Waals surface area (Å²) in [5.74, 6) is 1.12. The lowest BCUT2D eigenvalue weighted by atomic mass is 9.84. The topological polar surface area (TPSA) is 85.8 Å². The minimum atomic E-state index is -0.0833. The van der Waals surface area contributed by atoms with E-state index in [4.69, 9.17) is 5.73 Å². The molecule has 6 nitrogen and oxygen atoms in total. The van der Waals surface area contributed by atoms with Crippen molar-refractivity contribution in [3.05, 3.63) is 41.9 Å². The van der Waals surface area contributed by atoms with Crippen LogP contribution in [0.3, 0.4) is 0 Å². The van der Waals surface area contributed by atoms with Gasteiger partial charge in [-0.2, -0.15) is 5.10 Å². The Labute approximate surface area is 148 Å². The zero-order valence-corrected chi connectivity index (χ0v) is 14.8. The van der Waals surface area contributed by atoms with E-state index in [1.165, 1.54) is 19.3 Å². The Morgan fingerprint density at radius 3 is 2.80 bits per heavy atom. The van der Waals surface area contributed by atoms with Crippen molar-refractivity contribution in [1.29, 1.82) is 0 Å². The third-order valence-electron chi connectivity index (χ3n) is 5.10. The van der Waals surface area contributed by atoms with Crippen molar-refractivity contribution in [2.24, 2.45) is 11.7 Å². The molecule has 1 fully saturated rings. The third-order valence-corrected chi connectivity index (χ3v) is 5.10. The minimum absolute atomic E-state index is 0.0377. The highest BCUT2D eigenvalue weighted by Gasteiger charge is 2.26. The van der Waals surface area contributed by atoms with Gasteiger partial charge in [0.05, 0.1) is 17.5 Å². The van der Waals surface area contributed by atoms with E-state index in [2.05, 4.69) is 15.4 Å². The maximum Gasteiger partial charge on any atom is 0.255 e. The average molecular weight is 341 g/mol. The Hall–Kier alpha value is -2.21. The highest BCUT2D eigenvalue weighted by atomic mass is 16.1. The van der Waals surface area contributed by atoms with E-state index in [-0.39, 0.29) is 11.9 Å². The summed E-state index contributed by atoms with van der Waals surface area (Å²) in [7, 11) is 0. The molecule has 1 saturated carbocycles. The predicted octanol–water partition coefficient (Wildman–Crippen LogP) is 2.47. The lowest BCUT2D eigenvalue weighted by Crippen LogP contribution is -2.46. The van der Waals surface area contributed by atoms with Crippen molar-refractivity contribution in [3.8, 4) is 5.82 Å². The van der Waals surface area contributed by atoms with Crippen LogP contribution in [-0.2, 0) is 6.42 Å². The van der Waals surface area contributed by atoms with Gasteiger partial charge < -0.3 is 11.1 Å². The van der Waals surface area contributed by atoms with E-state index in [9.17, 15) is 4.79 Å². The van der Waals surface area contributed by atoms with Gasteiger partial charge in [0, 0.05) is 18.8 Å². The van der Waals surface area contributed by atoms with E-state index >= 15 is 0 Å². The minimum Gasteiger partial charge on any atom is -0.348 e. The van der Waals surface area contributed by atoms with Crippen LogP contribution in [0.1, 0.15) is 55.1 Å². The van der Waals surface area contributed by atoms with E-state index < -0.39 is 0 Å². The van der Waals surface area contributed by atoms with Crippen LogP contribution >= 0.6 is 0 Å². The van der Waals surface area contributed by atoms with Crippen LogP contribution in [0.2, 0.25) is 0 Å². The second kappa shape index (κ2) is 8.25. The van der Waals surface area contributed by atoms with Crippen LogP contribution in [0.5, 0.6) is 0 Å². The summed E-state index contributed by atoms with van der Waals surface area (Å²) in [6.07, 6.45) is 10.1. The molecule has 0 radical (unpaired) electrons. The fraction of sp³-hybridized carbons (Fsp3) is 0.526. The summed E-state index contributed by atoms with van der Waals surface area (Å²) in [6, 6.07) is 5.70. The Morgan fingerprint density at radius 1 is 1.36 bits per heavy atom. The number of hydrogen-bond acceptors (Lipinski definition) is 4. The fourth-order valence-corrected chi connectivity index (χ4v) is 3.73. The molecule has 0 aliphatic heterocycles. The fourth-order valence-electron chi connectivity index (χ4n) is 3.73. The molecule has 0 aromatic carbocycles. The van der Waals surface area contributed by atoms with Crippen molar-refractivity contribution in [1.82, 2.24) is 20.1 Å². The Balaban J connectivity index is 1.78. The molecule has 6 heteroatoms. The van der Waals surface area contributed by atoms with Gasteiger partial charge in [0.15, 0.2) is 5.82 Å². The molecule has 0 bridgehead atoms. The molecule has 2 aromatic heterocycles. The number of carbonyl (C=O) groups excluding carboxylic acids is 1. The molecule has 1 aliphatic rings. The quantitative estimate of drug-likeness (QED) is 0.845. The smallest absolute Gasteiger partial charge is 0.255 e. The van der Waals surface area contributed by atoms with E-state index in [0.717, 1.165) is 24.4 Å². The Kier molecular flexibility index (Phi) is 5.81. The van der Waals surface area contributed by atoms with Gasteiger partial charge in [0.2, 0.25) is 0 Å². The maximum absolute atomic E-state index is 12.8. The number of pyridine rings is 1. The van der Waals surface area contributed by atoms with Crippen LogP contribution in [-0.4, -0.2) is 33.3 Å². The normalized spacial score (nSPS) is 16.6. The van der Waals surface area contributed by atoms with E-state index in [0.29, 0.717) is 24.4 Å². The first-order valence-electron chi connectivity index (χ1n) is 9.23. The van der Waals surface area contributed by atoms with Crippen molar-refractivity contribution >= 4 is 5.91 Å². The van der Waals surface area contributed by atoms with Crippen LogP contribution in [0.4, 0.5) is 0 Å². The van der Waals surface area contributed by atoms with Gasteiger partial charge in [-0.3, -0.25) is 4.79 Å². The number of hydrogen-bond donors (Lipinski definition) is 2. The van der Waals surface area contributed by atoms with E-state index in [1.54, 1.807) is 17.1 Å². The first kappa shape index (κ1) is 17.6. The Bertz CT molecular complexity index is 691. The molecule has 1 unspecified atom stereocenters. The van der Waals surface area contributed by atoms with Gasteiger partial charge in [-0.1, -0.05) is 32.3 Å². The molecular formula is C19H27N5O. The second-order valence-electron chi connectivity index (χ2n) is 6.67. The maximum atomic E-state index is 12.8. The largest absolute Gasteiger partial charge is 0.348 e. The first-order valence-corrected chi connectivity index (χ1v) is 9.23. The molecule has 25 heavy (non-hydrogen) atoms. The summed E-state index contributed by atoms with van der Waals surface area (Å²) >= 11 is 0. The average Bonchev–Trinajstić information content (AvgIpc) is 3.11. The standard InChI is InChI=1S/C19H27N5O/c1-2-17-15(13-22-24(17)18-10-6-7-11-21-18)19(25)23-16(12-20)14-8-4-3-5-9-14/h6-7,10-11,13-14,16H,2-5,8-9,12,20H2,1H3,(H,23,25). The van der Waals surface area contributed by atoms with Crippen molar-refractivity contribution in [2.45, 2.75) is 51.5 Å². The van der Waals surface area contributed by atoms with Crippen molar-refractivity contribution < 1.29 is 4.79 Å². The lowest BCUT2D eigenvalue weighted by Gasteiger charge is -2.30. The number of rotatable bonds is 6. The highest BCUT2D eigenvalue weighted by molar-refractivity contribution is 5.95. The summed E-state index contributed by atoms with van der Waals surface area (Å²) in [6.45, 7) is 2.50. The molecule has 134 valence electrons. The third kappa shape index (κ3) is 3.90. The number of nitrogens with one attached hydrogen (secondary N) is 1. The molecule has 1 amide bonds. The van der Waals surface area contributed by atoms with Crippen molar-refractivity contribution in [2.75, 3.05) is 6.54 Å². The van der Waals surface area contributed by atoms with Gasteiger partial charge in [0.1, 0.15) is 0 Å². The molecule has 2 heterocycles. The molecule has 0 saturated heterocycles. The first-order chi connectivity index (χ1) is 12.2. The van der Waals surface area contributed by atoms with Gasteiger partial charge in [-0.05, 0) is 37.3 Å². The number of nitrogens with zero attached hydrogens (tertiary/aromatic N) is 3. The number of amides is 1. The molecule has 3 N–H and O–H groups in total. The van der Waals surface area contributed by atoms with Gasteiger partial charge in [-0.15, -0.1) is 0 Å². The SMILES string of the molecule is CCc1c(C(=O)NC(CN)C2CCCCC2)cnn1-c1ccccn1. The summed E-state index contributed by atoms with van der Waals surface area (Å²) in [5, 5.41) is 7.54. The zero-order chi connectivity index (χ0) is 17.6. The molecule has 0 spiro atoms. The van der Waals surface area contributed by atoms with Gasteiger partial charge in [-0.25, -0.2) is 9.67 Å². The molecule has 1 aliphatic carbocycles. The Morgan fingerprint density at radius 2 is 2.16 bits per heavy atom. The highest BCUT2D eigenvalue weighted by Crippen LogP contribution is 2.26. The number of aromatic nitrogens is 3. The lowest BCUT2D eigenvalue weighted by molar-refractivity contribution is 0.0914. The molecule has 2 aromatic rings. The summed E-state index contributed by atoms with van der Waals surface area (Å²) in [5.41, 5.74) is 7.44. The number of carbonyl (C=O) groups is 1. The second-order valence-corrected chi connectivity index (χ2v) is 6.67. The van der Waals surface area contributed by atoms with Crippen LogP contribution in [0.15, 0.2) is 30.6 Å². The van der Waals surface area contributed by atoms with Crippen LogP contribution in [0, 0.1) is 5.92 Å². The van der Waals surface area contributed by atoms with Gasteiger partial charge in [0.25, 0.3) is 5.91 Å². The van der Waals surface area contributed by atoms with Crippen molar-refractivity contribution in [3.63, 3.8) is 0 Å². The van der Waals surface area contributed by atoms with Gasteiger partial charge >= 0.3 is 0 Å². The molecule has 3 rings (SSSR count). The van der Waals surface area contributed by atoms with E-state index in [1.807, 2.05) is 25.1 Å². The molecule has 1 atom stereocenters. The van der Waals surface area contributed by atoms with Crippen LogP contribution < -0.4 is 11.1 Å². The monoisotopic (exact) mass is 341 g/mol. The number of nitrogens with two attached hydrogens (primary N) is 1. The zero-order valence-electron chi connectivity index (χ0n) is 14.8. The molecular weight excluding hydrogens is 314 g/mol. The predicted molar refractivity (Wildman–Crippen MR) is 97.6 cm³/mol. The summed E-state index contributed by atoms with van der Waals surface area (Å²) in [4.78, 5) is 17.2.